The number of halogens is 1. The van der Waals surface area contributed by atoms with Gasteiger partial charge in [-0.1, -0.05) is 29.8 Å². The molecule has 0 bridgehead atoms. The number of rotatable bonds is 3. The van der Waals surface area contributed by atoms with Gasteiger partial charge in [0.15, 0.2) is 0 Å². The Morgan fingerprint density at radius 1 is 1.18 bits per heavy atom. The molecule has 88 valence electrons. The summed E-state index contributed by atoms with van der Waals surface area (Å²) in [5.74, 6) is 0.403. The lowest BCUT2D eigenvalue weighted by atomic mass is 10.0. The van der Waals surface area contributed by atoms with Crippen LogP contribution in [0.4, 0.5) is 0 Å². The third-order valence-corrected chi connectivity index (χ3v) is 2.83. The highest BCUT2D eigenvalue weighted by molar-refractivity contribution is 6.31. The Kier molecular flexibility index (Phi) is 3.61. The van der Waals surface area contributed by atoms with Crippen molar-refractivity contribution in [1.29, 1.82) is 0 Å². The fourth-order valence-electron chi connectivity index (χ4n) is 1.65. The first kappa shape index (κ1) is 11.9. The average Bonchev–Trinajstić information content (AvgIpc) is 2.38. The van der Waals surface area contributed by atoms with Crippen LogP contribution in [0.25, 0.3) is 0 Å². The van der Waals surface area contributed by atoms with Gasteiger partial charge in [-0.05, 0) is 18.2 Å². The molecule has 0 saturated heterocycles. The fourth-order valence-corrected chi connectivity index (χ4v) is 1.89. The van der Waals surface area contributed by atoms with Crippen molar-refractivity contribution in [2.75, 3.05) is 7.11 Å². The zero-order valence-electron chi connectivity index (χ0n) is 9.30. The molecule has 0 radical (unpaired) electrons. The molecule has 0 aliphatic carbocycles. The van der Waals surface area contributed by atoms with Crippen LogP contribution >= 0.6 is 11.6 Å². The number of aliphatic hydroxyl groups is 1. The summed E-state index contributed by atoms with van der Waals surface area (Å²) in [6, 6.07) is 10.7. The maximum atomic E-state index is 10.3. The zero-order chi connectivity index (χ0) is 12.3. The predicted octanol–water partition coefficient (Wildman–Crippen LogP) is 2.83. The lowest BCUT2D eigenvalue weighted by Gasteiger charge is -2.15. The van der Waals surface area contributed by atoms with Gasteiger partial charge in [0.1, 0.15) is 6.10 Å². The maximum Gasteiger partial charge on any atom is 0.219 e. The number of aliphatic hydroxyl groups excluding tert-OH is 1. The molecule has 1 N–H and O–H groups in total. The minimum Gasteiger partial charge on any atom is -0.481 e. The Balaban J connectivity index is 2.44. The molecule has 17 heavy (non-hydrogen) atoms. The summed E-state index contributed by atoms with van der Waals surface area (Å²) in [5, 5.41) is 10.8. The van der Waals surface area contributed by atoms with E-state index in [4.69, 9.17) is 16.3 Å². The number of aromatic nitrogens is 1. The molecule has 2 aromatic rings. The predicted molar refractivity (Wildman–Crippen MR) is 66.3 cm³/mol. The molecule has 0 fully saturated rings. The summed E-state index contributed by atoms with van der Waals surface area (Å²) in [7, 11) is 1.52. The highest BCUT2D eigenvalue weighted by Gasteiger charge is 2.17. The molecule has 0 amide bonds. The number of benzene rings is 1. The summed E-state index contributed by atoms with van der Waals surface area (Å²) in [6.45, 7) is 0. The van der Waals surface area contributed by atoms with Gasteiger partial charge in [-0.3, -0.25) is 0 Å². The monoisotopic (exact) mass is 249 g/mol. The molecule has 0 saturated carbocycles. The van der Waals surface area contributed by atoms with Gasteiger partial charge in [-0.15, -0.1) is 0 Å². The van der Waals surface area contributed by atoms with Crippen molar-refractivity contribution >= 4 is 11.6 Å². The van der Waals surface area contributed by atoms with Crippen LogP contribution in [0.1, 0.15) is 17.2 Å². The van der Waals surface area contributed by atoms with E-state index in [2.05, 4.69) is 4.98 Å². The van der Waals surface area contributed by atoms with E-state index in [0.717, 1.165) is 0 Å². The first-order valence-electron chi connectivity index (χ1n) is 5.15. The minimum absolute atomic E-state index is 0.403. The van der Waals surface area contributed by atoms with Gasteiger partial charge in [0.25, 0.3) is 0 Å². The van der Waals surface area contributed by atoms with E-state index in [1.54, 1.807) is 30.5 Å². The smallest absolute Gasteiger partial charge is 0.219 e. The van der Waals surface area contributed by atoms with Gasteiger partial charge < -0.3 is 9.84 Å². The van der Waals surface area contributed by atoms with Crippen LogP contribution in [0.5, 0.6) is 5.88 Å². The standard InChI is InChI=1S/C13H12ClNO2/c1-17-13-10(6-4-8-15-13)12(16)9-5-2-3-7-11(9)14/h2-8,12,16H,1H3. The van der Waals surface area contributed by atoms with Crippen molar-refractivity contribution < 1.29 is 9.84 Å². The topological polar surface area (TPSA) is 42.4 Å². The first-order chi connectivity index (χ1) is 8.24. The molecular formula is C13H12ClNO2. The number of nitrogens with zero attached hydrogens (tertiary/aromatic N) is 1. The second kappa shape index (κ2) is 5.17. The van der Waals surface area contributed by atoms with Crippen LogP contribution in [0.2, 0.25) is 5.02 Å². The third kappa shape index (κ3) is 2.40. The SMILES string of the molecule is COc1ncccc1C(O)c1ccccc1Cl. The third-order valence-electron chi connectivity index (χ3n) is 2.49. The van der Waals surface area contributed by atoms with E-state index >= 15 is 0 Å². The lowest BCUT2D eigenvalue weighted by Crippen LogP contribution is -2.04. The van der Waals surface area contributed by atoms with Crippen LogP contribution in [0.15, 0.2) is 42.6 Å². The molecule has 0 spiro atoms. The number of ether oxygens (including phenoxy) is 1. The Bertz CT molecular complexity index is 516. The largest absolute Gasteiger partial charge is 0.481 e. The van der Waals surface area contributed by atoms with Gasteiger partial charge in [-0.2, -0.15) is 0 Å². The summed E-state index contributed by atoms with van der Waals surface area (Å²) in [4.78, 5) is 4.05. The van der Waals surface area contributed by atoms with Crippen molar-refractivity contribution in [3.05, 3.63) is 58.7 Å². The quantitative estimate of drug-likeness (QED) is 0.910. The van der Waals surface area contributed by atoms with Crippen LogP contribution in [-0.2, 0) is 0 Å². The number of hydrogen-bond donors (Lipinski definition) is 1. The molecule has 1 aromatic heterocycles. The average molecular weight is 250 g/mol. The fraction of sp³-hybridized carbons (Fsp3) is 0.154. The molecule has 2 rings (SSSR count). The molecule has 1 aromatic carbocycles. The van der Waals surface area contributed by atoms with Crippen molar-refractivity contribution in [1.82, 2.24) is 4.98 Å². The van der Waals surface area contributed by atoms with Gasteiger partial charge in [0.2, 0.25) is 5.88 Å². The number of hydrogen-bond acceptors (Lipinski definition) is 3. The van der Waals surface area contributed by atoms with Gasteiger partial charge in [0, 0.05) is 22.3 Å². The van der Waals surface area contributed by atoms with E-state index in [-0.39, 0.29) is 0 Å². The van der Waals surface area contributed by atoms with E-state index in [1.807, 2.05) is 12.1 Å². The Labute approximate surface area is 105 Å². The van der Waals surface area contributed by atoms with E-state index in [0.29, 0.717) is 22.0 Å². The highest BCUT2D eigenvalue weighted by atomic mass is 35.5. The Morgan fingerprint density at radius 3 is 2.59 bits per heavy atom. The number of methoxy groups -OCH3 is 1. The van der Waals surface area contributed by atoms with Gasteiger partial charge in [0.05, 0.1) is 7.11 Å². The summed E-state index contributed by atoms with van der Waals surface area (Å²) in [6.07, 6.45) is 0.772. The highest BCUT2D eigenvalue weighted by Crippen LogP contribution is 2.31. The molecular weight excluding hydrogens is 238 g/mol. The lowest BCUT2D eigenvalue weighted by molar-refractivity contribution is 0.213. The molecule has 1 heterocycles. The second-order valence-electron chi connectivity index (χ2n) is 3.53. The van der Waals surface area contributed by atoms with Crippen LogP contribution in [0.3, 0.4) is 0 Å². The van der Waals surface area contributed by atoms with Crippen molar-refractivity contribution in [2.45, 2.75) is 6.10 Å². The van der Waals surface area contributed by atoms with Crippen molar-refractivity contribution in [3.8, 4) is 5.88 Å². The molecule has 1 unspecified atom stereocenters. The Hall–Kier alpha value is -1.58. The van der Waals surface area contributed by atoms with Gasteiger partial charge >= 0.3 is 0 Å². The van der Waals surface area contributed by atoms with E-state index in [9.17, 15) is 5.11 Å². The summed E-state index contributed by atoms with van der Waals surface area (Å²) < 4.78 is 5.11. The van der Waals surface area contributed by atoms with Crippen LogP contribution in [0, 0.1) is 0 Å². The summed E-state index contributed by atoms with van der Waals surface area (Å²) >= 11 is 6.04. The molecule has 3 nitrogen and oxygen atoms in total. The maximum absolute atomic E-state index is 10.3. The second-order valence-corrected chi connectivity index (χ2v) is 3.93. The zero-order valence-corrected chi connectivity index (χ0v) is 10.1. The normalized spacial score (nSPS) is 12.2. The Morgan fingerprint density at radius 2 is 1.88 bits per heavy atom. The number of pyridine rings is 1. The molecule has 4 heteroatoms. The van der Waals surface area contributed by atoms with Crippen LogP contribution in [-0.4, -0.2) is 17.2 Å². The molecule has 0 aliphatic rings. The minimum atomic E-state index is -0.840. The summed E-state index contributed by atoms with van der Waals surface area (Å²) in [5.41, 5.74) is 1.24. The first-order valence-corrected chi connectivity index (χ1v) is 5.53. The van der Waals surface area contributed by atoms with Gasteiger partial charge in [-0.25, -0.2) is 4.98 Å². The van der Waals surface area contributed by atoms with Crippen molar-refractivity contribution in [2.24, 2.45) is 0 Å². The van der Waals surface area contributed by atoms with Crippen molar-refractivity contribution in [3.63, 3.8) is 0 Å². The molecule has 0 aliphatic heterocycles. The van der Waals surface area contributed by atoms with E-state index in [1.165, 1.54) is 7.11 Å². The van der Waals surface area contributed by atoms with Crippen LogP contribution < -0.4 is 4.74 Å². The van der Waals surface area contributed by atoms with E-state index < -0.39 is 6.10 Å². The molecule has 1 atom stereocenters.